The molecule has 0 heterocycles. The molecule has 0 fully saturated rings. The number of hydrogen-bond acceptors (Lipinski definition) is 1. The second-order valence-corrected chi connectivity index (χ2v) is 5.66. The Balaban J connectivity index is 1.68. The molecule has 0 aliphatic heterocycles. The Morgan fingerprint density at radius 1 is 0.955 bits per heavy atom. The molecule has 1 N–H and O–H groups in total. The predicted molar refractivity (Wildman–Crippen MR) is 91.0 cm³/mol. The molecule has 22 heavy (non-hydrogen) atoms. The third kappa shape index (κ3) is 3.46. The van der Waals surface area contributed by atoms with Crippen molar-refractivity contribution in [3.8, 4) is 0 Å². The van der Waals surface area contributed by atoms with Gasteiger partial charge in [-0.2, -0.15) is 0 Å². The van der Waals surface area contributed by atoms with Crippen LogP contribution in [0.15, 0.2) is 66.7 Å². The average molecular weight is 310 g/mol. The van der Waals surface area contributed by atoms with Gasteiger partial charge in [-0.1, -0.05) is 66.2 Å². The molecule has 2 nitrogen and oxygen atoms in total. The third-order valence-electron chi connectivity index (χ3n) is 3.61. The summed E-state index contributed by atoms with van der Waals surface area (Å²) in [4.78, 5) is 12.2. The highest BCUT2D eigenvalue weighted by molar-refractivity contribution is 6.30. The molecule has 0 bridgehead atoms. The number of hydrogen-bond donors (Lipinski definition) is 1. The summed E-state index contributed by atoms with van der Waals surface area (Å²) in [6.45, 7) is 0.490. The Morgan fingerprint density at radius 2 is 1.73 bits per heavy atom. The van der Waals surface area contributed by atoms with Crippen molar-refractivity contribution in [2.45, 2.75) is 13.0 Å². The monoisotopic (exact) mass is 309 g/mol. The molecule has 0 atom stereocenters. The van der Waals surface area contributed by atoms with Crippen LogP contribution < -0.4 is 5.32 Å². The Labute approximate surface area is 134 Å². The standard InChI is InChI=1S/C19H16ClNO/c20-17-9-3-5-14(11-17)13-21-19(22)12-16-8-4-7-15-6-1-2-10-18(15)16/h1-11H,12-13H2,(H,21,22). The summed E-state index contributed by atoms with van der Waals surface area (Å²) >= 11 is 5.94. The summed E-state index contributed by atoms with van der Waals surface area (Å²) in [5.74, 6) is 0.0105. The molecular formula is C19H16ClNO. The van der Waals surface area contributed by atoms with Crippen LogP contribution in [0.3, 0.4) is 0 Å². The van der Waals surface area contributed by atoms with Crippen molar-refractivity contribution in [2.24, 2.45) is 0 Å². The first kappa shape index (κ1) is 14.6. The molecule has 0 unspecified atom stereocenters. The van der Waals surface area contributed by atoms with E-state index in [1.807, 2.05) is 48.5 Å². The second-order valence-electron chi connectivity index (χ2n) is 5.22. The zero-order valence-corrected chi connectivity index (χ0v) is 12.8. The van der Waals surface area contributed by atoms with Crippen LogP contribution in [0.4, 0.5) is 0 Å². The fourth-order valence-electron chi connectivity index (χ4n) is 2.53. The molecular weight excluding hydrogens is 294 g/mol. The smallest absolute Gasteiger partial charge is 0.224 e. The summed E-state index contributed by atoms with van der Waals surface area (Å²) in [6, 6.07) is 21.7. The number of rotatable bonds is 4. The highest BCUT2D eigenvalue weighted by Gasteiger charge is 2.06. The van der Waals surface area contributed by atoms with E-state index in [9.17, 15) is 4.79 Å². The Kier molecular flexibility index (Phi) is 4.40. The fourth-order valence-corrected chi connectivity index (χ4v) is 2.74. The van der Waals surface area contributed by atoms with Gasteiger partial charge in [-0.25, -0.2) is 0 Å². The van der Waals surface area contributed by atoms with Crippen molar-refractivity contribution >= 4 is 28.3 Å². The van der Waals surface area contributed by atoms with Crippen LogP contribution in [0.2, 0.25) is 5.02 Å². The van der Waals surface area contributed by atoms with Gasteiger partial charge < -0.3 is 5.32 Å². The van der Waals surface area contributed by atoms with Crippen molar-refractivity contribution < 1.29 is 4.79 Å². The van der Waals surface area contributed by atoms with Gasteiger partial charge in [-0.05, 0) is 34.0 Å². The van der Waals surface area contributed by atoms with E-state index in [0.29, 0.717) is 18.0 Å². The van der Waals surface area contributed by atoms with E-state index >= 15 is 0 Å². The molecule has 110 valence electrons. The zero-order valence-electron chi connectivity index (χ0n) is 12.1. The molecule has 0 radical (unpaired) electrons. The van der Waals surface area contributed by atoms with Crippen LogP contribution in [-0.2, 0) is 17.8 Å². The van der Waals surface area contributed by atoms with Gasteiger partial charge in [0, 0.05) is 11.6 Å². The van der Waals surface area contributed by atoms with E-state index in [1.54, 1.807) is 0 Å². The van der Waals surface area contributed by atoms with Crippen molar-refractivity contribution in [3.05, 3.63) is 82.9 Å². The van der Waals surface area contributed by atoms with Crippen LogP contribution in [0.5, 0.6) is 0 Å². The fraction of sp³-hybridized carbons (Fsp3) is 0.105. The summed E-state index contributed by atoms with van der Waals surface area (Å²) in [7, 11) is 0. The van der Waals surface area contributed by atoms with Gasteiger partial charge in [0.25, 0.3) is 0 Å². The molecule has 3 heteroatoms. The lowest BCUT2D eigenvalue weighted by atomic mass is 10.0. The number of carbonyl (C=O) groups excluding carboxylic acids is 1. The van der Waals surface area contributed by atoms with Gasteiger partial charge in [-0.3, -0.25) is 4.79 Å². The van der Waals surface area contributed by atoms with Gasteiger partial charge in [0.05, 0.1) is 6.42 Å². The van der Waals surface area contributed by atoms with Crippen molar-refractivity contribution in [1.29, 1.82) is 0 Å². The summed E-state index contributed by atoms with van der Waals surface area (Å²) in [5, 5.41) is 5.91. The minimum atomic E-state index is 0.0105. The lowest BCUT2D eigenvalue weighted by Gasteiger charge is -2.08. The summed E-state index contributed by atoms with van der Waals surface area (Å²) < 4.78 is 0. The molecule has 3 aromatic rings. The molecule has 0 aliphatic carbocycles. The van der Waals surface area contributed by atoms with E-state index in [2.05, 4.69) is 23.5 Å². The molecule has 0 saturated heterocycles. The van der Waals surface area contributed by atoms with Crippen LogP contribution >= 0.6 is 11.6 Å². The quantitative estimate of drug-likeness (QED) is 0.762. The van der Waals surface area contributed by atoms with Crippen LogP contribution in [0.1, 0.15) is 11.1 Å². The zero-order chi connectivity index (χ0) is 15.4. The van der Waals surface area contributed by atoms with Gasteiger partial charge in [0.15, 0.2) is 0 Å². The van der Waals surface area contributed by atoms with Crippen LogP contribution in [0, 0.1) is 0 Å². The maximum atomic E-state index is 12.2. The first-order valence-corrected chi connectivity index (χ1v) is 7.58. The largest absolute Gasteiger partial charge is 0.352 e. The minimum Gasteiger partial charge on any atom is -0.352 e. The normalized spacial score (nSPS) is 10.6. The number of carbonyl (C=O) groups is 1. The van der Waals surface area contributed by atoms with Crippen molar-refractivity contribution in [2.75, 3.05) is 0 Å². The predicted octanol–water partition coefficient (Wildman–Crippen LogP) is 4.35. The first-order chi connectivity index (χ1) is 10.7. The molecule has 0 saturated carbocycles. The number of halogens is 1. The number of amides is 1. The average Bonchev–Trinajstić information content (AvgIpc) is 2.53. The van der Waals surface area contributed by atoms with Gasteiger partial charge in [0.2, 0.25) is 5.91 Å². The van der Waals surface area contributed by atoms with Gasteiger partial charge in [-0.15, -0.1) is 0 Å². The van der Waals surface area contributed by atoms with Gasteiger partial charge in [0.1, 0.15) is 0 Å². The van der Waals surface area contributed by atoms with Crippen molar-refractivity contribution in [1.82, 2.24) is 5.32 Å². The summed E-state index contributed by atoms with van der Waals surface area (Å²) in [5.41, 5.74) is 2.04. The number of benzene rings is 3. The Morgan fingerprint density at radius 3 is 2.59 bits per heavy atom. The summed E-state index contributed by atoms with van der Waals surface area (Å²) in [6.07, 6.45) is 0.377. The van der Waals surface area contributed by atoms with Crippen molar-refractivity contribution in [3.63, 3.8) is 0 Å². The van der Waals surface area contributed by atoms with E-state index < -0.39 is 0 Å². The van der Waals surface area contributed by atoms with Crippen LogP contribution in [-0.4, -0.2) is 5.91 Å². The highest BCUT2D eigenvalue weighted by atomic mass is 35.5. The minimum absolute atomic E-state index is 0.0105. The maximum Gasteiger partial charge on any atom is 0.224 e. The molecule has 1 amide bonds. The van der Waals surface area contributed by atoms with E-state index in [0.717, 1.165) is 21.9 Å². The molecule has 0 spiro atoms. The Hall–Kier alpha value is -2.32. The lowest BCUT2D eigenvalue weighted by molar-refractivity contribution is -0.120. The molecule has 3 rings (SSSR count). The molecule has 3 aromatic carbocycles. The number of fused-ring (bicyclic) bond motifs is 1. The molecule has 0 aliphatic rings. The van der Waals surface area contributed by atoms with Gasteiger partial charge >= 0.3 is 0 Å². The topological polar surface area (TPSA) is 29.1 Å². The van der Waals surface area contributed by atoms with E-state index in [1.165, 1.54) is 0 Å². The SMILES string of the molecule is O=C(Cc1cccc2ccccc12)NCc1cccc(Cl)c1. The Bertz CT molecular complexity index is 808. The second kappa shape index (κ2) is 6.63. The first-order valence-electron chi connectivity index (χ1n) is 7.20. The van der Waals surface area contributed by atoms with Crippen LogP contribution in [0.25, 0.3) is 10.8 Å². The maximum absolute atomic E-state index is 12.2. The van der Waals surface area contributed by atoms with E-state index in [-0.39, 0.29) is 5.91 Å². The third-order valence-corrected chi connectivity index (χ3v) is 3.84. The van der Waals surface area contributed by atoms with E-state index in [4.69, 9.17) is 11.6 Å². The number of nitrogens with one attached hydrogen (secondary N) is 1. The highest BCUT2D eigenvalue weighted by Crippen LogP contribution is 2.19. The molecule has 0 aromatic heterocycles. The lowest BCUT2D eigenvalue weighted by Crippen LogP contribution is -2.24.